The second-order valence-corrected chi connectivity index (χ2v) is 4.64. The smallest absolute Gasteiger partial charge is 0.370 e. The third-order valence-corrected chi connectivity index (χ3v) is 2.92. The molecular formula is C11H20ClF3N2O2. The van der Waals surface area contributed by atoms with Gasteiger partial charge in [-0.15, -0.1) is 12.4 Å². The van der Waals surface area contributed by atoms with Crippen molar-refractivity contribution < 1.29 is 22.7 Å². The van der Waals surface area contributed by atoms with E-state index in [0.717, 1.165) is 25.8 Å². The molecule has 1 rings (SSSR count). The van der Waals surface area contributed by atoms with Gasteiger partial charge < -0.3 is 15.4 Å². The van der Waals surface area contributed by atoms with Crippen molar-refractivity contribution in [2.45, 2.75) is 37.9 Å². The molecule has 1 saturated heterocycles. The summed E-state index contributed by atoms with van der Waals surface area (Å²) in [5.74, 6) is -0.183. The zero-order valence-electron chi connectivity index (χ0n) is 10.8. The number of rotatable bonds is 5. The first-order chi connectivity index (χ1) is 8.33. The first-order valence-corrected chi connectivity index (χ1v) is 6.01. The van der Waals surface area contributed by atoms with Gasteiger partial charge in [0.15, 0.2) is 0 Å². The molecule has 1 aliphatic rings. The van der Waals surface area contributed by atoms with Crippen molar-refractivity contribution in [2.75, 3.05) is 26.3 Å². The van der Waals surface area contributed by atoms with E-state index < -0.39 is 18.3 Å². The molecule has 4 nitrogen and oxygen atoms in total. The van der Waals surface area contributed by atoms with E-state index in [-0.39, 0.29) is 31.5 Å². The van der Waals surface area contributed by atoms with Crippen LogP contribution in [0, 0.1) is 0 Å². The Balaban J connectivity index is 0.00000324. The lowest BCUT2D eigenvalue weighted by atomic mass is 9.90. The molecule has 1 amide bonds. The summed E-state index contributed by atoms with van der Waals surface area (Å²) in [5.41, 5.74) is -0.609. The summed E-state index contributed by atoms with van der Waals surface area (Å²) in [6.45, 7) is 1.26. The van der Waals surface area contributed by atoms with E-state index in [4.69, 9.17) is 0 Å². The summed E-state index contributed by atoms with van der Waals surface area (Å²) in [4.78, 5) is 11.8. The summed E-state index contributed by atoms with van der Waals surface area (Å²) in [5, 5.41) is 5.71. The normalized spacial score (nSPS) is 23.6. The number of piperidine rings is 1. The fourth-order valence-corrected chi connectivity index (χ4v) is 1.87. The minimum atomic E-state index is -4.32. The first kappa shape index (κ1) is 18.5. The van der Waals surface area contributed by atoms with E-state index in [9.17, 15) is 18.0 Å². The Hall–Kier alpha value is -0.530. The molecule has 0 aliphatic carbocycles. The van der Waals surface area contributed by atoms with Gasteiger partial charge in [0.2, 0.25) is 5.91 Å². The lowest BCUT2D eigenvalue weighted by molar-refractivity contribution is -0.173. The fourth-order valence-electron chi connectivity index (χ4n) is 1.87. The van der Waals surface area contributed by atoms with Crippen molar-refractivity contribution in [3.63, 3.8) is 0 Å². The molecule has 1 unspecified atom stereocenters. The lowest BCUT2D eigenvalue weighted by Crippen LogP contribution is -2.57. The molecule has 1 atom stereocenters. The third kappa shape index (κ3) is 6.98. The highest BCUT2D eigenvalue weighted by Crippen LogP contribution is 2.18. The number of alkyl halides is 3. The molecule has 0 aromatic rings. The van der Waals surface area contributed by atoms with Crippen LogP contribution in [0.5, 0.6) is 0 Å². The monoisotopic (exact) mass is 304 g/mol. The molecule has 0 aromatic carbocycles. The molecule has 0 radical (unpaired) electrons. The van der Waals surface area contributed by atoms with Crippen LogP contribution in [0.1, 0.15) is 26.2 Å². The van der Waals surface area contributed by atoms with Gasteiger partial charge >= 0.3 is 6.18 Å². The average molecular weight is 305 g/mol. The molecule has 0 aromatic heterocycles. The van der Waals surface area contributed by atoms with Crippen LogP contribution in [0.25, 0.3) is 0 Å². The molecule has 1 fully saturated rings. The van der Waals surface area contributed by atoms with E-state index in [1.54, 1.807) is 6.92 Å². The van der Waals surface area contributed by atoms with Crippen LogP contribution in [0.3, 0.4) is 0 Å². The van der Waals surface area contributed by atoms with Crippen LogP contribution >= 0.6 is 12.4 Å². The summed E-state index contributed by atoms with van der Waals surface area (Å²) in [6.07, 6.45) is -1.57. The topological polar surface area (TPSA) is 50.4 Å². The molecule has 114 valence electrons. The van der Waals surface area contributed by atoms with Gasteiger partial charge in [-0.3, -0.25) is 4.79 Å². The molecule has 19 heavy (non-hydrogen) atoms. The highest BCUT2D eigenvalue weighted by molar-refractivity contribution is 5.86. The van der Waals surface area contributed by atoms with Gasteiger partial charge in [-0.2, -0.15) is 13.2 Å². The molecule has 0 bridgehead atoms. The van der Waals surface area contributed by atoms with Crippen molar-refractivity contribution >= 4 is 18.3 Å². The Bertz CT molecular complexity index is 282. The third-order valence-electron chi connectivity index (χ3n) is 2.92. The standard InChI is InChI=1S/C11H19F3N2O2.ClH/c1-10(4-2-3-5-16-10)9(17)15-6-7-18-8-11(12,13)14;/h16H,2-8H2,1H3,(H,15,17);1H. The largest absolute Gasteiger partial charge is 0.411 e. The number of ether oxygens (including phenoxy) is 1. The van der Waals surface area contributed by atoms with Gasteiger partial charge in [0.1, 0.15) is 6.61 Å². The highest BCUT2D eigenvalue weighted by atomic mass is 35.5. The molecule has 2 N–H and O–H groups in total. The second kappa shape index (κ2) is 7.91. The zero-order chi connectivity index (χ0) is 13.6. The van der Waals surface area contributed by atoms with Crippen LogP contribution in [0.15, 0.2) is 0 Å². The second-order valence-electron chi connectivity index (χ2n) is 4.64. The van der Waals surface area contributed by atoms with E-state index in [1.165, 1.54) is 0 Å². The molecule has 8 heteroatoms. The highest BCUT2D eigenvalue weighted by Gasteiger charge is 2.33. The summed E-state index contributed by atoms with van der Waals surface area (Å²) < 4.78 is 39.7. The van der Waals surface area contributed by atoms with Crippen LogP contribution < -0.4 is 10.6 Å². The zero-order valence-corrected chi connectivity index (χ0v) is 11.6. The van der Waals surface area contributed by atoms with Gasteiger partial charge in [-0.25, -0.2) is 0 Å². The van der Waals surface area contributed by atoms with Crippen LogP contribution in [0.2, 0.25) is 0 Å². The number of carbonyl (C=O) groups is 1. The van der Waals surface area contributed by atoms with Crippen LogP contribution in [-0.4, -0.2) is 43.9 Å². The summed E-state index contributed by atoms with van der Waals surface area (Å²) in [7, 11) is 0. The van der Waals surface area contributed by atoms with Crippen molar-refractivity contribution in [2.24, 2.45) is 0 Å². The Morgan fingerprint density at radius 3 is 2.63 bits per heavy atom. The minimum Gasteiger partial charge on any atom is -0.370 e. The van der Waals surface area contributed by atoms with Crippen molar-refractivity contribution in [1.29, 1.82) is 0 Å². The van der Waals surface area contributed by atoms with Gasteiger partial charge in [-0.05, 0) is 32.7 Å². The molecule has 1 heterocycles. The van der Waals surface area contributed by atoms with Crippen molar-refractivity contribution in [1.82, 2.24) is 10.6 Å². The number of halogens is 4. The maximum Gasteiger partial charge on any atom is 0.411 e. The molecule has 0 spiro atoms. The van der Waals surface area contributed by atoms with E-state index >= 15 is 0 Å². The molecule has 1 aliphatic heterocycles. The summed E-state index contributed by atoms with van der Waals surface area (Å²) >= 11 is 0. The molecule has 0 saturated carbocycles. The lowest BCUT2D eigenvalue weighted by Gasteiger charge is -2.33. The summed E-state index contributed by atoms with van der Waals surface area (Å²) in [6, 6.07) is 0. The van der Waals surface area contributed by atoms with E-state index in [0.29, 0.717) is 0 Å². The van der Waals surface area contributed by atoms with Crippen LogP contribution in [-0.2, 0) is 9.53 Å². The van der Waals surface area contributed by atoms with Gasteiger partial charge in [0, 0.05) is 6.54 Å². The number of amides is 1. The first-order valence-electron chi connectivity index (χ1n) is 6.01. The molecular weight excluding hydrogens is 285 g/mol. The Morgan fingerprint density at radius 2 is 2.11 bits per heavy atom. The van der Waals surface area contributed by atoms with Crippen LogP contribution in [0.4, 0.5) is 13.2 Å². The number of hydrogen-bond acceptors (Lipinski definition) is 3. The maximum atomic E-state index is 11.8. The van der Waals surface area contributed by atoms with E-state index in [1.807, 2.05) is 0 Å². The van der Waals surface area contributed by atoms with Gasteiger partial charge in [0.25, 0.3) is 0 Å². The number of nitrogens with one attached hydrogen (secondary N) is 2. The Kier molecular flexibility index (Phi) is 7.69. The van der Waals surface area contributed by atoms with E-state index in [2.05, 4.69) is 15.4 Å². The van der Waals surface area contributed by atoms with Crippen molar-refractivity contribution in [3.8, 4) is 0 Å². The predicted octanol–water partition coefficient (Wildman–Crippen LogP) is 1.64. The van der Waals surface area contributed by atoms with Crippen molar-refractivity contribution in [3.05, 3.63) is 0 Å². The fraction of sp³-hybridized carbons (Fsp3) is 0.909. The van der Waals surface area contributed by atoms with Gasteiger partial charge in [0.05, 0.1) is 12.1 Å². The minimum absolute atomic E-state index is 0. The Morgan fingerprint density at radius 1 is 1.42 bits per heavy atom. The predicted molar refractivity (Wildman–Crippen MR) is 67.4 cm³/mol. The van der Waals surface area contributed by atoms with Gasteiger partial charge in [-0.1, -0.05) is 0 Å². The Labute approximate surface area is 116 Å². The quantitative estimate of drug-likeness (QED) is 0.759. The SMILES string of the molecule is CC1(C(=O)NCCOCC(F)(F)F)CCCCN1.Cl. The maximum absolute atomic E-state index is 11.8. The average Bonchev–Trinajstić information content (AvgIpc) is 2.27. The number of hydrogen-bond donors (Lipinski definition) is 2. The number of carbonyl (C=O) groups excluding carboxylic acids is 1.